The van der Waals surface area contributed by atoms with Crippen LogP contribution in [0.25, 0.3) is 0 Å². The van der Waals surface area contributed by atoms with E-state index in [0.29, 0.717) is 5.17 Å². The lowest BCUT2D eigenvalue weighted by molar-refractivity contribution is -0.138. The minimum atomic E-state index is -1.01. The molecule has 2 rings (SSSR count). The first-order valence-corrected chi connectivity index (χ1v) is 9.56. The van der Waals surface area contributed by atoms with Crippen LogP contribution in [0.3, 0.4) is 0 Å². The van der Waals surface area contributed by atoms with E-state index in [1.807, 2.05) is 12.1 Å². The third-order valence-electron chi connectivity index (χ3n) is 3.74. The summed E-state index contributed by atoms with van der Waals surface area (Å²) in [4.78, 5) is 24.7. The van der Waals surface area contributed by atoms with Crippen molar-refractivity contribution in [1.82, 2.24) is 5.32 Å². The van der Waals surface area contributed by atoms with E-state index in [1.54, 1.807) is 6.21 Å². The Morgan fingerprint density at radius 3 is 2.50 bits per heavy atom. The van der Waals surface area contributed by atoms with Crippen LogP contribution in [0.1, 0.15) is 38.7 Å². The summed E-state index contributed by atoms with van der Waals surface area (Å²) in [5.74, 6) is -1.36. The van der Waals surface area contributed by atoms with Gasteiger partial charge in [-0.25, -0.2) is 0 Å². The molecule has 1 amide bonds. The Kier molecular flexibility index (Phi) is 7.65. The van der Waals surface area contributed by atoms with Crippen molar-refractivity contribution in [2.75, 3.05) is 18.0 Å². The van der Waals surface area contributed by atoms with Gasteiger partial charge in [-0.1, -0.05) is 37.7 Å². The van der Waals surface area contributed by atoms with Gasteiger partial charge in [0.05, 0.1) is 12.6 Å². The van der Waals surface area contributed by atoms with E-state index in [0.717, 1.165) is 43.3 Å². The first-order chi connectivity index (χ1) is 12.5. The third-order valence-corrected chi connectivity index (χ3v) is 4.81. The number of hydrogen-bond donors (Lipinski definition) is 2. The molecule has 0 aromatic heterocycles. The van der Waals surface area contributed by atoms with Crippen LogP contribution in [-0.4, -0.2) is 46.7 Å². The molecule has 0 radical (unpaired) electrons. The molecule has 0 aliphatic carbocycles. The fourth-order valence-corrected chi connectivity index (χ4v) is 3.49. The first kappa shape index (κ1) is 20.0. The number of hydrogen-bond acceptors (Lipinski definition) is 6. The van der Waals surface area contributed by atoms with Gasteiger partial charge in [0, 0.05) is 18.8 Å². The highest BCUT2D eigenvalue weighted by atomic mass is 32.2. The van der Waals surface area contributed by atoms with Gasteiger partial charge < -0.3 is 15.3 Å². The number of carbonyl (C=O) groups is 2. The summed E-state index contributed by atoms with van der Waals surface area (Å²) in [5, 5.41) is 18.9. The zero-order valence-electron chi connectivity index (χ0n) is 15.0. The molecule has 2 N–H and O–H groups in total. The van der Waals surface area contributed by atoms with Crippen LogP contribution in [0.15, 0.2) is 34.5 Å². The molecule has 1 aromatic rings. The molecular formula is C18H24N4O3S. The Balaban J connectivity index is 1.96. The molecular weight excluding hydrogens is 352 g/mol. The van der Waals surface area contributed by atoms with Crippen LogP contribution < -0.4 is 10.2 Å². The lowest BCUT2D eigenvalue weighted by atomic mass is 10.2. The summed E-state index contributed by atoms with van der Waals surface area (Å²) in [6.07, 6.45) is 3.59. The standard InChI is InChI=1S/C18H24N4O3S/c1-3-9-22(10-4-2)14-7-5-13(6-8-14)12-19-21-18-20-17(25)15(26-18)11-16(23)24/h5-8,12,15H,3-4,9-11H2,1-2H3,(H,23,24)(H,20,21,25). The SMILES string of the molecule is CCCN(CCC)c1ccc(C=NN=C2NC(=O)C(CC(=O)O)S2)cc1. The molecule has 1 heterocycles. The van der Waals surface area contributed by atoms with Gasteiger partial charge in [0.25, 0.3) is 0 Å². The van der Waals surface area contributed by atoms with Gasteiger partial charge in [-0.15, -0.1) is 5.10 Å². The second kappa shape index (κ2) is 9.96. The van der Waals surface area contributed by atoms with Gasteiger partial charge in [0.15, 0.2) is 5.17 Å². The van der Waals surface area contributed by atoms with Crippen molar-refractivity contribution < 1.29 is 14.7 Å². The minimum absolute atomic E-state index is 0.229. The highest BCUT2D eigenvalue weighted by molar-refractivity contribution is 8.15. The molecule has 1 aliphatic rings. The predicted molar refractivity (Wildman–Crippen MR) is 106 cm³/mol. The summed E-state index contributed by atoms with van der Waals surface area (Å²) >= 11 is 1.09. The van der Waals surface area contributed by atoms with Crippen molar-refractivity contribution in [2.45, 2.75) is 38.4 Å². The Morgan fingerprint density at radius 2 is 1.92 bits per heavy atom. The maximum absolute atomic E-state index is 11.6. The van der Waals surface area contributed by atoms with Crippen LogP contribution in [0.5, 0.6) is 0 Å². The monoisotopic (exact) mass is 376 g/mol. The second-order valence-electron chi connectivity index (χ2n) is 5.92. The molecule has 1 fully saturated rings. The number of rotatable bonds is 9. The molecule has 0 saturated carbocycles. The molecule has 1 aromatic carbocycles. The molecule has 1 aliphatic heterocycles. The van der Waals surface area contributed by atoms with Gasteiger partial charge in [0.1, 0.15) is 5.25 Å². The molecule has 1 unspecified atom stereocenters. The molecule has 0 bridgehead atoms. The molecule has 1 atom stereocenters. The lowest BCUT2D eigenvalue weighted by Crippen LogP contribution is -2.26. The van der Waals surface area contributed by atoms with Gasteiger partial charge in [-0.2, -0.15) is 5.10 Å². The van der Waals surface area contributed by atoms with E-state index < -0.39 is 11.2 Å². The van der Waals surface area contributed by atoms with Crippen molar-refractivity contribution in [2.24, 2.45) is 10.2 Å². The number of benzene rings is 1. The number of amides is 1. The number of thioether (sulfide) groups is 1. The van der Waals surface area contributed by atoms with Crippen LogP contribution in [0, 0.1) is 0 Å². The zero-order chi connectivity index (χ0) is 18.9. The van der Waals surface area contributed by atoms with E-state index in [2.05, 4.69) is 46.4 Å². The lowest BCUT2D eigenvalue weighted by Gasteiger charge is -2.23. The molecule has 0 spiro atoms. The average molecular weight is 376 g/mol. The van der Waals surface area contributed by atoms with E-state index >= 15 is 0 Å². The fourth-order valence-electron chi connectivity index (χ4n) is 2.57. The largest absolute Gasteiger partial charge is 0.481 e. The van der Waals surface area contributed by atoms with Gasteiger partial charge >= 0.3 is 5.97 Å². The van der Waals surface area contributed by atoms with Gasteiger partial charge in [0.2, 0.25) is 5.91 Å². The van der Waals surface area contributed by atoms with Crippen molar-refractivity contribution in [1.29, 1.82) is 0 Å². The van der Waals surface area contributed by atoms with Gasteiger partial charge in [-0.05, 0) is 30.5 Å². The van der Waals surface area contributed by atoms with Crippen LogP contribution in [-0.2, 0) is 9.59 Å². The van der Waals surface area contributed by atoms with Crippen LogP contribution in [0.2, 0.25) is 0 Å². The Labute approximate surface area is 157 Å². The van der Waals surface area contributed by atoms with Crippen molar-refractivity contribution in [3.8, 4) is 0 Å². The Hall–Kier alpha value is -2.35. The van der Waals surface area contributed by atoms with Crippen LogP contribution >= 0.6 is 11.8 Å². The quantitative estimate of drug-likeness (QED) is 0.510. The Morgan fingerprint density at radius 1 is 1.27 bits per heavy atom. The zero-order valence-corrected chi connectivity index (χ0v) is 15.8. The minimum Gasteiger partial charge on any atom is -0.481 e. The third kappa shape index (κ3) is 5.87. The van der Waals surface area contributed by atoms with E-state index in [4.69, 9.17) is 5.11 Å². The summed E-state index contributed by atoms with van der Waals surface area (Å²) < 4.78 is 0. The van der Waals surface area contributed by atoms with Crippen molar-refractivity contribution in [3.05, 3.63) is 29.8 Å². The second-order valence-corrected chi connectivity index (χ2v) is 7.11. The molecule has 8 heteroatoms. The summed E-state index contributed by atoms with van der Waals surface area (Å²) in [6.45, 7) is 6.40. The first-order valence-electron chi connectivity index (χ1n) is 8.68. The normalized spacial score (nSPS) is 18.5. The smallest absolute Gasteiger partial charge is 0.305 e. The number of carbonyl (C=O) groups excluding carboxylic acids is 1. The summed E-state index contributed by atoms with van der Waals surface area (Å²) in [5.41, 5.74) is 2.09. The van der Waals surface area contributed by atoms with E-state index in [-0.39, 0.29) is 12.3 Å². The molecule has 7 nitrogen and oxygen atoms in total. The van der Waals surface area contributed by atoms with Crippen molar-refractivity contribution >= 4 is 40.7 Å². The highest BCUT2D eigenvalue weighted by Gasteiger charge is 2.32. The Bertz CT molecular complexity index is 682. The number of carboxylic acids is 1. The number of anilines is 1. The number of carboxylic acid groups (broad SMARTS) is 1. The van der Waals surface area contributed by atoms with Crippen molar-refractivity contribution in [3.63, 3.8) is 0 Å². The maximum Gasteiger partial charge on any atom is 0.305 e. The summed E-state index contributed by atoms with van der Waals surface area (Å²) in [6, 6.07) is 8.08. The average Bonchev–Trinajstić information content (AvgIpc) is 2.94. The molecule has 1 saturated heterocycles. The topological polar surface area (TPSA) is 94.4 Å². The van der Waals surface area contributed by atoms with E-state index in [1.165, 1.54) is 5.69 Å². The summed E-state index contributed by atoms with van der Waals surface area (Å²) in [7, 11) is 0. The number of aliphatic carboxylic acids is 1. The molecule has 26 heavy (non-hydrogen) atoms. The molecule has 140 valence electrons. The number of nitrogens with one attached hydrogen (secondary N) is 1. The fraction of sp³-hybridized carbons (Fsp3) is 0.444. The maximum atomic E-state index is 11.6. The van der Waals surface area contributed by atoms with E-state index in [9.17, 15) is 9.59 Å². The predicted octanol–water partition coefficient (Wildman–Crippen LogP) is 2.71. The number of nitrogens with zero attached hydrogens (tertiary/aromatic N) is 3. The van der Waals surface area contributed by atoms with Gasteiger partial charge in [-0.3, -0.25) is 9.59 Å². The van der Waals surface area contributed by atoms with Crippen LogP contribution in [0.4, 0.5) is 5.69 Å². The highest BCUT2D eigenvalue weighted by Crippen LogP contribution is 2.22. The number of amidine groups is 1.